The van der Waals surface area contributed by atoms with Crippen LogP contribution in [0.2, 0.25) is 0 Å². The predicted molar refractivity (Wildman–Crippen MR) is 131 cm³/mol. The molecule has 7 nitrogen and oxygen atoms in total. The van der Waals surface area contributed by atoms with Crippen molar-refractivity contribution in [2.45, 2.75) is 13.3 Å². The van der Waals surface area contributed by atoms with Crippen LogP contribution in [0.3, 0.4) is 0 Å². The molecule has 3 aromatic rings. The summed E-state index contributed by atoms with van der Waals surface area (Å²) in [5.41, 5.74) is 2.43. The first-order valence-corrected chi connectivity index (χ1v) is 11.1. The first-order chi connectivity index (χ1) is 16.3. The molecular weight excluding hydrogens is 432 g/mol. The lowest BCUT2D eigenvalue weighted by Crippen LogP contribution is -2.63. The highest BCUT2D eigenvalue weighted by Gasteiger charge is 2.46. The average Bonchev–Trinajstić information content (AvgIpc) is 2.84. The van der Waals surface area contributed by atoms with Crippen molar-refractivity contribution in [1.29, 1.82) is 0 Å². The zero-order chi connectivity index (χ0) is 24.5. The molecule has 4 rings (SSSR count). The molecule has 0 atom stereocenters. The minimum absolute atomic E-state index is 0.0230. The largest absolute Gasteiger partial charge is 0.493 e. The highest BCUT2D eigenvalue weighted by molar-refractivity contribution is 5.91. The first-order valence-electron chi connectivity index (χ1n) is 11.1. The van der Waals surface area contributed by atoms with Gasteiger partial charge in [0.05, 0.1) is 33.2 Å². The van der Waals surface area contributed by atoms with E-state index < -0.39 is 5.41 Å². The second-order valence-electron chi connectivity index (χ2n) is 8.88. The summed E-state index contributed by atoms with van der Waals surface area (Å²) in [5, 5.41) is 4.80. The van der Waals surface area contributed by atoms with E-state index in [9.17, 15) is 9.59 Å². The number of nitrogens with zero attached hydrogens (tertiary/aromatic N) is 1. The van der Waals surface area contributed by atoms with Gasteiger partial charge in [-0.25, -0.2) is 0 Å². The van der Waals surface area contributed by atoms with Crippen LogP contribution < -0.4 is 19.5 Å². The van der Waals surface area contributed by atoms with Crippen LogP contribution >= 0.6 is 0 Å². The molecule has 0 saturated carbocycles. The molecule has 3 aromatic carbocycles. The maximum Gasteiger partial charge on any atom is 0.229 e. The Morgan fingerprint density at radius 2 is 1.50 bits per heavy atom. The summed E-state index contributed by atoms with van der Waals surface area (Å²) in [6, 6.07) is 16.1. The summed E-state index contributed by atoms with van der Waals surface area (Å²) in [4.78, 5) is 26.4. The molecule has 1 heterocycles. The zero-order valence-corrected chi connectivity index (χ0v) is 20.2. The molecule has 1 fully saturated rings. The molecule has 7 heteroatoms. The number of carbonyl (C=O) groups is 2. The van der Waals surface area contributed by atoms with Gasteiger partial charge in [-0.15, -0.1) is 0 Å². The van der Waals surface area contributed by atoms with E-state index in [1.807, 2.05) is 49.4 Å². The summed E-state index contributed by atoms with van der Waals surface area (Å²) in [5.74, 6) is 1.77. The fraction of sp³-hybridized carbons (Fsp3) is 0.333. The quantitative estimate of drug-likeness (QED) is 0.580. The smallest absolute Gasteiger partial charge is 0.229 e. The van der Waals surface area contributed by atoms with Crippen molar-refractivity contribution in [1.82, 2.24) is 10.2 Å². The van der Waals surface area contributed by atoms with Crippen molar-refractivity contribution in [2.75, 3.05) is 41.5 Å². The number of hydrogen-bond donors (Lipinski definition) is 1. The topological polar surface area (TPSA) is 77.1 Å². The van der Waals surface area contributed by atoms with Gasteiger partial charge in [-0.1, -0.05) is 30.3 Å². The van der Waals surface area contributed by atoms with E-state index in [-0.39, 0.29) is 11.8 Å². The summed E-state index contributed by atoms with van der Waals surface area (Å²) < 4.78 is 16.4. The van der Waals surface area contributed by atoms with Crippen molar-refractivity contribution >= 4 is 22.6 Å². The van der Waals surface area contributed by atoms with Crippen LogP contribution in [-0.4, -0.2) is 58.2 Å². The number of ether oxygens (including phenoxy) is 3. The van der Waals surface area contributed by atoms with E-state index in [2.05, 4.69) is 11.4 Å². The maximum atomic E-state index is 12.7. The summed E-state index contributed by atoms with van der Waals surface area (Å²) in [7, 11) is 6.41. The fourth-order valence-electron chi connectivity index (χ4n) is 4.54. The molecule has 0 spiro atoms. The Morgan fingerprint density at radius 3 is 2.09 bits per heavy atom. The second kappa shape index (κ2) is 9.25. The van der Waals surface area contributed by atoms with Crippen molar-refractivity contribution in [2.24, 2.45) is 5.41 Å². The molecule has 1 aliphatic rings. The molecule has 1 saturated heterocycles. The Bertz CT molecular complexity index is 1220. The zero-order valence-electron chi connectivity index (χ0n) is 20.2. The SMILES string of the molecule is CNC(=O)C1(C)CN(C(=O)Cc2ccc3cc(-c4cc(OC)c(OC)c(OC)c4)ccc3c2)C1. The number of methoxy groups -OCH3 is 3. The maximum absolute atomic E-state index is 12.7. The third kappa shape index (κ3) is 4.25. The lowest BCUT2D eigenvalue weighted by Gasteiger charge is -2.46. The van der Waals surface area contributed by atoms with Gasteiger partial charge in [-0.05, 0) is 52.6 Å². The third-order valence-corrected chi connectivity index (χ3v) is 6.47. The van der Waals surface area contributed by atoms with Gasteiger partial charge >= 0.3 is 0 Å². The van der Waals surface area contributed by atoms with Gasteiger partial charge in [0.1, 0.15) is 0 Å². The number of hydrogen-bond acceptors (Lipinski definition) is 5. The summed E-state index contributed by atoms with van der Waals surface area (Å²) >= 11 is 0. The second-order valence-corrected chi connectivity index (χ2v) is 8.88. The standard InChI is InChI=1S/C27H30N2O5/c1-27(26(31)28-2)15-29(16-27)24(30)11-17-6-7-19-12-20(9-8-18(19)10-17)21-13-22(32-3)25(34-5)23(14-21)33-4/h6-10,12-14H,11,15-16H2,1-5H3,(H,28,31). The Balaban J connectivity index is 1.53. The lowest BCUT2D eigenvalue weighted by atomic mass is 9.80. The van der Waals surface area contributed by atoms with Gasteiger partial charge in [0.15, 0.2) is 11.5 Å². The Labute approximate surface area is 199 Å². The summed E-state index contributed by atoms with van der Waals surface area (Å²) in [6.07, 6.45) is 0.314. The molecule has 1 aliphatic heterocycles. The number of nitrogens with one attached hydrogen (secondary N) is 1. The number of fused-ring (bicyclic) bond motifs is 1. The molecule has 0 aliphatic carbocycles. The highest BCUT2D eigenvalue weighted by atomic mass is 16.5. The number of benzene rings is 3. The van der Waals surface area contributed by atoms with Gasteiger partial charge in [-0.3, -0.25) is 9.59 Å². The monoisotopic (exact) mass is 462 g/mol. The van der Waals surface area contributed by atoms with Gasteiger partial charge in [0, 0.05) is 20.1 Å². The molecular formula is C27H30N2O5. The van der Waals surface area contributed by atoms with Crippen molar-refractivity contribution in [3.05, 3.63) is 54.1 Å². The lowest BCUT2D eigenvalue weighted by molar-refractivity contribution is -0.151. The van der Waals surface area contributed by atoms with E-state index in [0.29, 0.717) is 36.8 Å². The molecule has 1 N–H and O–H groups in total. The number of rotatable bonds is 7. The van der Waals surface area contributed by atoms with Gasteiger partial charge in [0.2, 0.25) is 17.6 Å². The van der Waals surface area contributed by atoms with E-state index in [4.69, 9.17) is 14.2 Å². The normalized spacial score (nSPS) is 14.3. The van der Waals surface area contributed by atoms with Crippen molar-refractivity contribution < 1.29 is 23.8 Å². The van der Waals surface area contributed by atoms with Crippen molar-refractivity contribution in [3.8, 4) is 28.4 Å². The summed E-state index contributed by atoms with van der Waals surface area (Å²) in [6.45, 7) is 2.80. The average molecular weight is 463 g/mol. The van der Waals surface area contributed by atoms with E-state index in [1.54, 1.807) is 33.3 Å². The molecule has 178 valence electrons. The molecule has 2 amide bonds. The number of carbonyl (C=O) groups excluding carboxylic acids is 2. The minimum atomic E-state index is -0.489. The molecule has 0 aromatic heterocycles. The van der Waals surface area contributed by atoms with Gasteiger partial charge < -0.3 is 24.4 Å². The Hall–Kier alpha value is -3.74. The van der Waals surface area contributed by atoms with E-state index in [1.165, 1.54) is 0 Å². The Kier molecular flexibility index (Phi) is 6.37. The van der Waals surface area contributed by atoms with Crippen LogP contribution in [-0.2, 0) is 16.0 Å². The van der Waals surface area contributed by atoms with E-state index >= 15 is 0 Å². The molecule has 0 unspecified atom stereocenters. The third-order valence-electron chi connectivity index (χ3n) is 6.47. The highest BCUT2D eigenvalue weighted by Crippen LogP contribution is 2.41. The van der Waals surface area contributed by atoms with E-state index in [0.717, 1.165) is 27.5 Å². The predicted octanol–water partition coefficient (Wildman–Crippen LogP) is 3.67. The molecule has 0 radical (unpaired) electrons. The molecule has 0 bridgehead atoms. The van der Waals surface area contributed by atoms with Crippen LogP contribution in [0.5, 0.6) is 17.2 Å². The van der Waals surface area contributed by atoms with Crippen molar-refractivity contribution in [3.63, 3.8) is 0 Å². The molecule has 34 heavy (non-hydrogen) atoms. The van der Waals surface area contributed by atoms with Crippen LogP contribution in [0.15, 0.2) is 48.5 Å². The van der Waals surface area contributed by atoms with Gasteiger partial charge in [0.25, 0.3) is 0 Å². The van der Waals surface area contributed by atoms with Crippen LogP contribution in [0.1, 0.15) is 12.5 Å². The van der Waals surface area contributed by atoms with Crippen LogP contribution in [0.4, 0.5) is 0 Å². The van der Waals surface area contributed by atoms with Crippen LogP contribution in [0, 0.1) is 5.41 Å². The number of likely N-dealkylation sites (tertiary alicyclic amines) is 1. The minimum Gasteiger partial charge on any atom is -0.493 e. The fourth-order valence-corrected chi connectivity index (χ4v) is 4.54. The Morgan fingerprint density at radius 1 is 0.882 bits per heavy atom. The van der Waals surface area contributed by atoms with Crippen LogP contribution in [0.25, 0.3) is 21.9 Å². The number of amides is 2. The van der Waals surface area contributed by atoms with Gasteiger partial charge in [-0.2, -0.15) is 0 Å². The first kappa shape index (κ1) is 23.4.